The SMILES string of the molecule is O=[N+]([O-])C=C1c2ccsc2-c2sccc21. The summed E-state index contributed by atoms with van der Waals surface area (Å²) in [5, 5.41) is 14.5. The molecule has 0 saturated heterocycles. The highest BCUT2D eigenvalue weighted by atomic mass is 32.1. The summed E-state index contributed by atoms with van der Waals surface area (Å²) < 4.78 is 0. The summed E-state index contributed by atoms with van der Waals surface area (Å²) >= 11 is 3.27. The monoisotopic (exact) mass is 235 g/mol. The van der Waals surface area contributed by atoms with E-state index in [9.17, 15) is 10.1 Å². The van der Waals surface area contributed by atoms with Crippen molar-refractivity contribution in [3.05, 3.63) is 50.3 Å². The average Bonchev–Trinajstić information content (AvgIpc) is 2.83. The third kappa shape index (κ3) is 1.17. The normalized spacial score (nSPS) is 12.4. The molecule has 0 N–H and O–H groups in total. The van der Waals surface area contributed by atoms with Crippen molar-refractivity contribution in [2.45, 2.75) is 0 Å². The minimum Gasteiger partial charge on any atom is -0.259 e. The van der Waals surface area contributed by atoms with Crippen molar-refractivity contribution in [1.82, 2.24) is 0 Å². The average molecular weight is 235 g/mol. The number of hydrogen-bond donors (Lipinski definition) is 0. The highest BCUT2D eigenvalue weighted by Crippen LogP contribution is 2.49. The van der Waals surface area contributed by atoms with Gasteiger partial charge < -0.3 is 0 Å². The largest absolute Gasteiger partial charge is 0.259 e. The molecule has 0 aromatic carbocycles. The first-order chi connectivity index (χ1) is 7.27. The Labute approximate surface area is 93.5 Å². The minimum absolute atomic E-state index is 0.385. The van der Waals surface area contributed by atoms with Gasteiger partial charge in [-0.2, -0.15) is 0 Å². The zero-order valence-corrected chi connectivity index (χ0v) is 9.10. The molecule has 0 amide bonds. The summed E-state index contributed by atoms with van der Waals surface area (Å²) in [7, 11) is 0. The van der Waals surface area contributed by atoms with Crippen LogP contribution in [0.25, 0.3) is 15.3 Å². The molecule has 0 aliphatic heterocycles. The van der Waals surface area contributed by atoms with Crippen LogP contribution < -0.4 is 0 Å². The van der Waals surface area contributed by atoms with E-state index in [2.05, 4.69) is 0 Å². The first-order valence-corrected chi connectivity index (χ1v) is 6.04. The van der Waals surface area contributed by atoms with Gasteiger partial charge in [-0.05, 0) is 22.9 Å². The summed E-state index contributed by atoms with van der Waals surface area (Å²) in [6, 6.07) is 3.89. The van der Waals surface area contributed by atoms with Crippen molar-refractivity contribution < 1.29 is 4.92 Å². The highest BCUT2D eigenvalue weighted by molar-refractivity contribution is 7.21. The molecule has 3 rings (SSSR count). The summed E-state index contributed by atoms with van der Waals surface area (Å²) in [6.45, 7) is 0. The van der Waals surface area contributed by atoms with E-state index in [-0.39, 0.29) is 4.92 Å². The van der Waals surface area contributed by atoms with Gasteiger partial charge in [-0.3, -0.25) is 10.1 Å². The Morgan fingerprint density at radius 3 is 2.13 bits per heavy atom. The summed E-state index contributed by atoms with van der Waals surface area (Å²) in [5.74, 6) is 0. The second-order valence-electron chi connectivity index (χ2n) is 3.15. The van der Waals surface area contributed by atoms with E-state index >= 15 is 0 Å². The standard InChI is InChI=1S/C10H5NO2S2/c12-11(13)5-8-6-1-3-14-9(6)10-7(8)2-4-15-10/h1-5H. The molecular weight excluding hydrogens is 230 g/mol. The Bertz CT molecular complexity index is 538. The number of rotatable bonds is 1. The summed E-state index contributed by atoms with van der Waals surface area (Å²) in [5.41, 5.74) is 2.74. The van der Waals surface area contributed by atoms with Crippen molar-refractivity contribution >= 4 is 28.2 Å². The summed E-state index contributed by atoms with van der Waals surface area (Å²) in [6.07, 6.45) is 1.10. The number of thiophene rings is 2. The van der Waals surface area contributed by atoms with Crippen molar-refractivity contribution in [2.75, 3.05) is 0 Å². The Balaban J connectivity index is 2.32. The molecule has 15 heavy (non-hydrogen) atoms. The van der Waals surface area contributed by atoms with E-state index in [0.717, 1.165) is 32.7 Å². The van der Waals surface area contributed by atoms with Gasteiger partial charge in [0.25, 0.3) is 0 Å². The van der Waals surface area contributed by atoms with Gasteiger partial charge >= 0.3 is 0 Å². The van der Waals surface area contributed by atoms with Gasteiger partial charge in [0.05, 0.1) is 20.3 Å². The smallest absolute Gasteiger partial charge is 0.242 e. The van der Waals surface area contributed by atoms with Gasteiger partial charge in [0.15, 0.2) is 0 Å². The van der Waals surface area contributed by atoms with Crippen LogP contribution >= 0.6 is 22.7 Å². The molecule has 0 radical (unpaired) electrons. The van der Waals surface area contributed by atoms with Gasteiger partial charge in [-0.1, -0.05) is 0 Å². The Hall–Kier alpha value is -1.46. The molecule has 2 aromatic rings. The molecule has 0 atom stereocenters. The van der Waals surface area contributed by atoms with E-state index in [1.54, 1.807) is 22.7 Å². The van der Waals surface area contributed by atoms with Crippen LogP contribution in [0.4, 0.5) is 0 Å². The third-order valence-corrected chi connectivity index (χ3v) is 4.34. The Morgan fingerprint density at radius 1 is 1.13 bits per heavy atom. The van der Waals surface area contributed by atoms with Crippen LogP contribution in [0.3, 0.4) is 0 Å². The van der Waals surface area contributed by atoms with Gasteiger partial charge in [0, 0.05) is 11.1 Å². The fourth-order valence-electron chi connectivity index (χ4n) is 1.78. The van der Waals surface area contributed by atoms with Gasteiger partial charge in [-0.15, -0.1) is 22.7 Å². The van der Waals surface area contributed by atoms with E-state index in [4.69, 9.17) is 0 Å². The molecule has 5 heteroatoms. The van der Waals surface area contributed by atoms with Gasteiger partial charge in [-0.25, -0.2) is 0 Å². The molecule has 0 saturated carbocycles. The predicted molar refractivity (Wildman–Crippen MR) is 61.7 cm³/mol. The second kappa shape index (κ2) is 3.01. The Kier molecular flexibility index (Phi) is 1.77. The van der Waals surface area contributed by atoms with Gasteiger partial charge in [0.2, 0.25) is 6.20 Å². The molecule has 0 spiro atoms. The van der Waals surface area contributed by atoms with Crippen LogP contribution in [0.5, 0.6) is 0 Å². The molecule has 3 nitrogen and oxygen atoms in total. The number of nitro groups is 1. The molecule has 0 bridgehead atoms. The molecule has 0 unspecified atom stereocenters. The van der Waals surface area contributed by atoms with E-state index in [1.165, 1.54) is 0 Å². The fourth-order valence-corrected chi connectivity index (χ4v) is 3.80. The van der Waals surface area contributed by atoms with Crippen LogP contribution in [0.1, 0.15) is 11.1 Å². The maximum Gasteiger partial charge on any atom is 0.242 e. The fraction of sp³-hybridized carbons (Fsp3) is 0. The van der Waals surface area contributed by atoms with Crippen LogP contribution in [0.15, 0.2) is 29.1 Å². The van der Waals surface area contributed by atoms with E-state index < -0.39 is 0 Å². The van der Waals surface area contributed by atoms with Crippen LogP contribution in [-0.2, 0) is 0 Å². The second-order valence-corrected chi connectivity index (χ2v) is 4.99. The quantitative estimate of drug-likeness (QED) is 0.479. The zero-order chi connectivity index (χ0) is 10.4. The first-order valence-electron chi connectivity index (χ1n) is 4.29. The molecular formula is C10H5NO2S2. The highest BCUT2D eigenvalue weighted by Gasteiger charge is 2.27. The van der Waals surface area contributed by atoms with Crippen LogP contribution in [-0.4, -0.2) is 4.92 Å². The number of hydrogen-bond acceptors (Lipinski definition) is 4. The molecule has 2 aromatic heterocycles. The van der Waals surface area contributed by atoms with Crippen LogP contribution in [0.2, 0.25) is 0 Å². The lowest BCUT2D eigenvalue weighted by Gasteiger charge is -1.92. The lowest BCUT2D eigenvalue weighted by atomic mass is 10.1. The molecule has 0 fully saturated rings. The first kappa shape index (κ1) is 8.82. The zero-order valence-electron chi connectivity index (χ0n) is 7.47. The van der Waals surface area contributed by atoms with Crippen molar-refractivity contribution in [3.63, 3.8) is 0 Å². The minimum atomic E-state index is -0.385. The topological polar surface area (TPSA) is 43.1 Å². The van der Waals surface area contributed by atoms with Crippen molar-refractivity contribution in [1.29, 1.82) is 0 Å². The molecule has 1 aliphatic rings. The molecule has 1 aliphatic carbocycles. The molecule has 2 heterocycles. The van der Waals surface area contributed by atoms with Gasteiger partial charge in [0.1, 0.15) is 0 Å². The lowest BCUT2D eigenvalue weighted by Crippen LogP contribution is -1.87. The van der Waals surface area contributed by atoms with E-state index in [1.807, 2.05) is 22.9 Å². The maximum atomic E-state index is 10.6. The number of nitrogens with zero attached hydrogens (tertiary/aromatic N) is 1. The Morgan fingerprint density at radius 2 is 1.67 bits per heavy atom. The molecule has 74 valence electrons. The third-order valence-electron chi connectivity index (χ3n) is 2.35. The summed E-state index contributed by atoms with van der Waals surface area (Å²) in [4.78, 5) is 12.5. The van der Waals surface area contributed by atoms with Crippen molar-refractivity contribution in [3.8, 4) is 9.75 Å². The lowest BCUT2D eigenvalue weighted by molar-refractivity contribution is -0.401. The predicted octanol–water partition coefficient (Wildman–Crippen LogP) is 3.46. The van der Waals surface area contributed by atoms with E-state index in [0.29, 0.717) is 0 Å². The van der Waals surface area contributed by atoms with Crippen molar-refractivity contribution in [2.24, 2.45) is 0 Å². The number of fused-ring (bicyclic) bond motifs is 3. The maximum absolute atomic E-state index is 10.6. The van der Waals surface area contributed by atoms with Crippen LogP contribution in [0, 0.1) is 10.1 Å².